The van der Waals surface area contributed by atoms with Crippen LogP contribution >= 0.6 is 0 Å². The molecule has 1 aromatic heterocycles. The third kappa shape index (κ3) is 4.87. The van der Waals surface area contributed by atoms with Gasteiger partial charge in [-0.25, -0.2) is 4.68 Å². The van der Waals surface area contributed by atoms with Crippen LogP contribution in [0.2, 0.25) is 0 Å². The molecule has 2 bridgehead atoms. The van der Waals surface area contributed by atoms with Crippen molar-refractivity contribution in [1.82, 2.24) is 19.9 Å². The number of ether oxygens (including phenoxy) is 1. The Balaban J connectivity index is 1.14. The molecule has 0 radical (unpaired) electrons. The van der Waals surface area contributed by atoms with Gasteiger partial charge in [0.25, 0.3) is 0 Å². The number of morpholine rings is 1. The Kier molecular flexibility index (Phi) is 6.52. The number of rotatable bonds is 7. The summed E-state index contributed by atoms with van der Waals surface area (Å²) in [6.07, 6.45) is 4.40. The van der Waals surface area contributed by atoms with Crippen LogP contribution in [0.4, 0.5) is 0 Å². The summed E-state index contributed by atoms with van der Waals surface area (Å²) >= 11 is 0. The fraction of sp³-hybridized carbons (Fsp3) is 0.625. The van der Waals surface area contributed by atoms with E-state index in [0.29, 0.717) is 31.1 Å². The number of hydrogen-bond acceptors (Lipinski definition) is 4. The molecule has 8 nitrogen and oxygen atoms in total. The van der Waals surface area contributed by atoms with E-state index in [4.69, 9.17) is 4.74 Å². The molecule has 5 heterocycles. The van der Waals surface area contributed by atoms with E-state index >= 15 is 0 Å². The zero-order valence-corrected chi connectivity index (χ0v) is 19.1. The fourth-order valence-corrected chi connectivity index (χ4v) is 5.87. The normalized spacial score (nSPS) is 28.6. The highest BCUT2D eigenvalue weighted by Gasteiger charge is 2.47. The molecule has 1 aromatic carbocycles. The van der Waals surface area contributed by atoms with Crippen molar-refractivity contribution in [2.75, 3.05) is 46.4 Å². The Hall–Kier alpha value is -2.29. The molecule has 4 saturated heterocycles. The second-order valence-corrected chi connectivity index (χ2v) is 9.87. The summed E-state index contributed by atoms with van der Waals surface area (Å²) in [4.78, 5) is 18.1. The number of carbonyl (C=O) groups excluding carboxylic acids is 1. The second kappa shape index (κ2) is 9.68. The van der Waals surface area contributed by atoms with E-state index in [1.165, 1.54) is 23.4 Å². The molecule has 8 heteroatoms. The molecule has 172 valence electrons. The van der Waals surface area contributed by atoms with Crippen LogP contribution in [0.3, 0.4) is 0 Å². The van der Waals surface area contributed by atoms with Gasteiger partial charge in [0.15, 0.2) is 0 Å². The molecule has 6 rings (SSSR count). The van der Waals surface area contributed by atoms with Crippen molar-refractivity contribution < 1.29 is 19.3 Å². The Labute approximate surface area is 190 Å². The summed E-state index contributed by atoms with van der Waals surface area (Å²) in [7, 11) is 2.20. The van der Waals surface area contributed by atoms with Crippen LogP contribution in [0.5, 0.6) is 0 Å². The minimum atomic E-state index is 0.189. The second-order valence-electron chi connectivity index (χ2n) is 9.87. The van der Waals surface area contributed by atoms with E-state index in [1.54, 1.807) is 4.90 Å². The fourth-order valence-electron chi connectivity index (χ4n) is 5.87. The number of hydrogen-bond donors (Lipinski definition) is 2. The maximum absolute atomic E-state index is 13.1. The standard InChI is InChI=1S/C24H34N6O2/c1-27(14-19-5-3-2-4-6-19)15-21-16-30(26-25-21)17-22-13-20-7-8-29(22)18-23(20)24(31)28-9-11-32-12-10-28/h2-6,16,20,22-23H,7-15,17-18H2,1H3/p+2/t20-,22+,23-/m0/s1. The minimum Gasteiger partial charge on any atom is -0.378 e. The van der Waals surface area contributed by atoms with Gasteiger partial charge in [-0.1, -0.05) is 35.5 Å². The number of aromatic nitrogens is 3. The number of fused-ring (bicyclic) bond motifs is 3. The first-order valence-electron chi connectivity index (χ1n) is 12.1. The SMILES string of the molecule is C[NH+](Cc1ccccc1)Cc1cn(C[C@H]2C[C@@H]3CC[NH+]2C[C@@H]3C(=O)N2CCOCC2)nn1. The lowest BCUT2D eigenvalue weighted by atomic mass is 9.75. The van der Waals surface area contributed by atoms with E-state index < -0.39 is 0 Å². The lowest BCUT2D eigenvalue weighted by Gasteiger charge is -2.47. The number of carbonyl (C=O) groups is 1. The zero-order chi connectivity index (χ0) is 21.9. The summed E-state index contributed by atoms with van der Waals surface area (Å²) in [6.45, 7) is 7.76. The molecule has 4 aliphatic rings. The van der Waals surface area contributed by atoms with Crippen molar-refractivity contribution in [3.05, 3.63) is 47.8 Å². The molecular formula is C24H36N6O2+2. The lowest BCUT2D eigenvalue weighted by molar-refractivity contribution is -0.945. The van der Waals surface area contributed by atoms with Gasteiger partial charge in [0.1, 0.15) is 24.8 Å². The zero-order valence-electron chi connectivity index (χ0n) is 19.1. The molecule has 0 saturated carbocycles. The average Bonchev–Trinajstić information content (AvgIpc) is 3.26. The van der Waals surface area contributed by atoms with Crippen molar-refractivity contribution in [3.8, 4) is 0 Å². The highest BCUT2D eigenvalue weighted by Crippen LogP contribution is 2.29. The highest BCUT2D eigenvalue weighted by molar-refractivity contribution is 5.79. The summed E-state index contributed by atoms with van der Waals surface area (Å²) < 4.78 is 7.45. The number of nitrogens with zero attached hydrogens (tertiary/aromatic N) is 4. The topological polar surface area (TPSA) is 69.1 Å². The largest absolute Gasteiger partial charge is 0.378 e. The van der Waals surface area contributed by atoms with Crippen LogP contribution in [0.15, 0.2) is 36.5 Å². The van der Waals surface area contributed by atoms with Gasteiger partial charge in [-0.3, -0.25) is 4.79 Å². The van der Waals surface area contributed by atoms with Crippen molar-refractivity contribution >= 4 is 5.91 Å². The first-order valence-corrected chi connectivity index (χ1v) is 12.1. The van der Waals surface area contributed by atoms with E-state index in [9.17, 15) is 4.79 Å². The average molecular weight is 441 g/mol. The lowest BCUT2D eigenvalue weighted by Crippen LogP contribution is -3.20. The summed E-state index contributed by atoms with van der Waals surface area (Å²) in [5.74, 6) is 1.06. The molecule has 2 aromatic rings. The molecule has 32 heavy (non-hydrogen) atoms. The molecule has 1 amide bonds. The first kappa shape index (κ1) is 21.6. The smallest absolute Gasteiger partial charge is 0.231 e. The Bertz CT molecular complexity index is 897. The van der Waals surface area contributed by atoms with E-state index in [0.717, 1.165) is 51.4 Å². The van der Waals surface area contributed by atoms with Gasteiger partial charge in [-0.15, -0.1) is 5.10 Å². The van der Waals surface area contributed by atoms with Crippen LogP contribution in [0.25, 0.3) is 0 Å². The van der Waals surface area contributed by atoms with Crippen molar-refractivity contribution in [1.29, 1.82) is 0 Å². The monoisotopic (exact) mass is 440 g/mol. The molecule has 2 unspecified atom stereocenters. The van der Waals surface area contributed by atoms with E-state index in [1.807, 2.05) is 9.58 Å². The molecule has 0 aliphatic carbocycles. The highest BCUT2D eigenvalue weighted by atomic mass is 16.5. The predicted octanol–water partition coefficient (Wildman–Crippen LogP) is -1.35. The molecule has 0 spiro atoms. The van der Waals surface area contributed by atoms with Gasteiger partial charge in [0, 0.05) is 31.5 Å². The molecule has 5 atom stereocenters. The molecule has 4 aliphatic heterocycles. The first-order chi connectivity index (χ1) is 15.7. The number of nitrogens with one attached hydrogen (secondary N) is 2. The number of amides is 1. The third-order valence-electron chi connectivity index (χ3n) is 7.52. The maximum atomic E-state index is 13.1. The Morgan fingerprint density at radius 3 is 2.78 bits per heavy atom. The van der Waals surface area contributed by atoms with Crippen LogP contribution in [0, 0.1) is 11.8 Å². The summed E-state index contributed by atoms with van der Waals surface area (Å²) in [6, 6.07) is 11.1. The van der Waals surface area contributed by atoms with Gasteiger partial charge in [0.2, 0.25) is 5.91 Å². The Morgan fingerprint density at radius 2 is 2.03 bits per heavy atom. The van der Waals surface area contributed by atoms with Crippen molar-refractivity contribution in [3.63, 3.8) is 0 Å². The van der Waals surface area contributed by atoms with Crippen LogP contribution in [0.1, 0.15) is 24.1 Å². The summed E-state index contributed by atoms with van der Waals surface area (Å²) in [5.41, 5.74) is 2.39. The number of piperidine rings is 3. The van der Waals surface area contributed by atoms with Crippen molar-refractivity contribution in [2.45, 2.75) is 38.5 Å². The maximum Gasteiger partial charge on any atom is 0.231 e. The van der Waals surface area contributed by atoms with Gasteiger partial charge in [-0.05, 0) is 5.92 Å². The minimum absolute atomic E-state index is 0.189. The molecule has 2 N–H and O–H groups in total. The van der Waals surface area contributed by atoms with Crippen LogP contribution in [-0.4, -0.2) is 78.3 Å². The van der Waals surface area contributed by atoms with Gasteiger partial charge in [-0.2, -0.15) is 0 Å². The van der Waals surface area contributed by atoms with E-state index in [-0.39, 0.29) is 5.92 Å². The number of quaternary nitrogens is 2. The molecular weight excluding hydrogens is 404 g/mol. The van der Waals surface area contributed by atoms with Crippen molar-refractivity contribution in [2.24, 2.45) is 11.8 Å². The quantitative estimate of drug-likeness (QED) is 0.559. The number of benzene rings is 1. The summed E-state index contributed by atoms with van der Waals surface area (Å²) in [5, 5.41) is 8.87. The van der Waals surface area contributed by atoms with Gasteiger partial charge < -0.3 is 19.4 Å². The third-order valence-corrected chi connectivity index (χ3v) is 7.52. The Morgan fingerprint density at radius 1 is 1.22 bits per heavy atom. The molecule has 4 fully saturated rings. The predicted molar refractivity (Wildman–Crippen MR) is 119 cm³/mol. The van der Waals surface area contributed by atoms with Gasteiger partial charge >= 0.3 is 0 Å². The van der Waals surface area contributed by atoms with E-state index in [2.05, 4.69) is 53.9 Å². The van der Waals surface area contributed by atoms with Crippen LogP contribution in [-0.2, 0) is 29.2 Å². The van der Waals surface area contributed by atoms with Crippen LogP contribution < -0.4 is 9.80 Å². The van der Waals surface area contributed by atoms with Gasteiger partial charge in [0.05, 0.1) is 52.0 Å².